The minimum atomic E-state index is -0.0375. The highest BCUT2D eigenvalue weighted by Crippen LogP contribution is 2.19. The molecule has 5 nitrogen and oxygen atoms in total. The Hall–Kier alpha value is -1.63. The van der Waals surface area contributed by atoms with Crippen LogP contribution in [0.4, 0.5) is 5.69 Å². The first kappa shape index (κ1) is 17.7. The number of nitrogens with zero attached hydrogens (tertiary/aromatic N) is 2. The normalized spacial score (nSPS) is 10.8. The van der Waals surface area contributed by atoms with Crippen molar-refractivity contribution in [3.05, 3.63) is 45.4 Å². The molecule has 0 unspecified atom stereocenters. The largest absolute Gasteiger partial charge is 0.380 e. The fraction of sp³-hybridized carbons (Fsp3) is 0.375. The predicted octanol–water partition coefficient (Wildman–Crippen LogP) is 3.09. The predicted molar refractivity (Wildman–Crippen MR) is 96.4 cm³/mol. The van der Waals surface area contributed by atoms with Crippen molar-refractivity contribution in [1.82, 2.24) is 15.2 Å². The Kier molecular flexibility index (Phi) is 6.83. The topological polar surface area (TPSA) is 57.3 Å². The van der Waals surface area contributed by atoms with Gasteiger partial charge in [-0.25, -0.2) is 4.98 Å². The SMILES string of the molecule is CN(C)CCCNC(=O)c1ccc(NCc2cnc(Cl)s2)cc1. The zero-order valence-electron chi connectivity index (χ0n) is 13.3. The maximum absolute atomic E-state index is 12.0. The van der Waals surface area contributed by atoms with Crippen LogP contribution in [0.5, 0.6) is 0 Å². The molecule has 2 aromatic rings. The van der Waals surface area contributed by atoms with Gasteiger partial charge in [0.1, 0.15) is 0 Å². The number of carbonyl (C=O) groups excluding carboxylic acids is 1. The Morgan fingerprint density at radius 3 is 2.65 bits per heavy atom. The number of amides is 1. The van der Waals surface area contributed by atoms with Gasteiger partial charge in [0.2, 0.25) is 0 Å². The smallest absolute Gasteiger partial charge is 0.251 e. The number of rotatable bonds is 8. The van der Waals surface area contributed by atoms with Gasteiger partial charge in [0.15, 0.2) is 4.47 Å². The molecule has 124 valence electrons. The van der Waals surface area contributed by atoms with Gasteiger partial charge in [0.05, 0.1) is 6.54 Å². The van der Waals surface area contributed by atoms with E-state index in [0.29, 0.717) is 23.1 Å². The summed E-state index contributed by atoms with van der Waals surface area (Å²) in [5.74, 6) is -0.0375. The highest BCUT2D eigenvalue weighted by Gasteiger charge is 2.05. The van der Waals surface area contributed by atoms with Gasteiger partial charge in [0, 0.05) is 28.9 Å². The monoisotopic (exact) mass is 352 g/mol. The van der Waals surface area contributed by atoms with E-state index >= 15 is 0 Å². The van der Waals surface area contributed by atoms with Gasteiger partial charge >= 0.3 is 0 Å². The molecule has 1 aromatic heterocycles. The third-order valence-corrected chi connectivity index (χ3v) is 4.32. The summed E-state index contributed by atoms with van der Waals surface area (Å²) in [6, 6.07) is 7.45. The molecule has 0 radical (unpaired) electrons. The number of hydrogen-bond donors (Lipinski definition) is 2. The van der Waals surface area contributed by atoms with Gasteiger partial charge < -0.3 is 15.5 Å². The minimum absolute atomic E-state index is 0.0375. The third kappa shape index (κ3) is 6.17. The lowest BCUT2D eigenvalue weighted by Gasteiger charge is -2.10. The van der Waals surface area contributed by atoms with Gasteiger partial charge in [0.25, 0.3) is 5.91 Å². The first-order valence-electron chi connectivity index (χ1n) is 7.41. The van der Waals surface area contributed by atoms with Crippen molar-refractivity contribution in [3.63, 3.8) is 0 Å². The van der Waals surface area contributed by atoms with Crippen LogP contribution in [0.3, 0.4) is 0 Å². The lowest BCUT2D eigenvalue weighted by molar-refractivity contribution is 0.0952. The van der Waals surface area contributed by atoms with Gasteiger partial charge in [-0.05, 0) is 51.3 Å². The maximum Gasteiger partial charge on any atom is 0.251 e. The zero-order valence-corrected chi connectivity index (χ0v) is 14.9. The Labute approximate surface area is 145 Å². The average Bonchev–Trinajstić information content (AvgIpc) is 2.95. The molecule has 0 aliphatic heterocycles. The van der Waals surface area contributed by atoms with E-state index < -0.39 is 0 Å². The Balaban J connectivity index is 1.78. The summed E-state index contributed by atoms with van der Waals surface area (Å²) in [5.41, 5.74) is 1.62. The van der Waals surface area contributed by atoms with E-state index in [1.165, 1.54) is 11.3 Å². The molecule has 23 heavy (non-hydrogen) atoms. The van der Waals surface area contributed by atoms with Crippen LogP contribution in [0.25, 0.3) is 0 Å². The number of nitrogens with one attached hydrogen (secondary N) is 2. The molecule has 0 saturated heterocycles. The van der Waals surface area contributed by atoms with Gasteiger partial charge in [-0.3, -0.25) is 4.79 Å². The molecule has 0 aliphatic carbocycles. The van der Waals surface area contributed by atoms with E-state index in [4.69, 9.17) is 11.6 Å². The zero-order chi connectivity index (χ0) is 16.7. The first-order valence-corrected chi connectivity index (χ1v) is 8.61. The summed E-state index contributed by atoms with van der Waals surface area (Å²) >= 11 is 7.25. The quantitative estimate of drug-likeness (QED) is 0.717. The molecule has 0 aliphatic rings. The van der Waals surface area contributed by atoms with Crippen molar-refractivity contribution in [2.24, 2.45) is 0 Å². The van der Waals surface area contributed by atoms with Crippen LogP contribution in [0, 0.1) is 0 Å². The molecule has 1 amide bonds. The van der Waals surface area contributed by atoms with E-state index in [1.807, 2.05) is 38.4 Å². The average molecular weight is 353 g/mol. The molecular weight excluding hydrogens is 332 g/mol. The summed E-state index contributed by atoms with van der Waals surface area (Å²) in [6.07, 6.45) is 2.70. The standard InChI is InChI=1S/C16H21ClN4OS/c1-21(2)9-3-8-18-15(22)12-4-6-13(7-5-12)19-10-14-11-20-16(17)23-14/h4-7,11,19H,3,8-10H2,1-2H3,(H,18,22). The van der Waals surface area contributed by atoms with Crippen LogP contribution in [0.1, 0.15) is 21.7 Å². The minimum Gasteiger partial charge on any atom is -0.380 e. The molecule has 0 saturated carbocycles. The maximum atomic E-state index is 12.0. The van der Waals surface area contributed by atoms with E-state index in [2.05, 4.69) is 20.5 Å². The van der Waals surface area contributed by atoms with Crippen molar-refractivity contribution in [1.29, 1.82) is 0 Å². The van der Waals surface area contributed by atoms with Crippen LogP contribution in [0.2, 0.25) is 4.47 Å². The molecule has 1 heterocycles. The van der Waals surface area contributed by atoms with Crippen molar-refractivity contribution in [2.75, 3.05) is 32.5 Å². The van der Waals surface area contributed by atoms with Gasteiger partial charge in [-0.1, -0.05) is 11.6 Å². The number of halogens is 1. The lowest BCUT2D eigenvalue weighted by Crippen LogP contribution is -2.27. The number of benzene rings is 1. The third-order valence-electron chi connectivity index (χ3n) is 3.21. The second-order valence-electron chi connectivity index (χ2n) is 5.42. The molecule has 7 heteroatoms. The first-order chi connectivity index (χ1) is 11.0. The molecule has 0 atom stereocenters. The number of aromatic nitrogens is 1. The fourth-order valence-corrected chi connectivity index (χ4v) is 2.91. The van der Waals surface area contributed by atoms with Gasteiger partial charge in [-0.15, -0.1) is 11.3 Å². The van der Waals surface area contributed by atoms with Crippen LogP contribution in [-0.2, 0) is 6.54 Å². The van der Waals surface area contributed by atoms with E-state index in [-0.39, 0.29) is 5.91 Å². The molecule has 2 rings (SSSR count). The molecule has 0 spiro atoms. The summed E-state index contributed by atoms with van der Waals surface area (Å²) in [7, 11) is 4.04. The molecule has 0 fully saturated rings. The van der Waals surface area contributed by atoms with Crippen molar-refractivity contribution in [2.45, 2.75) is 13.0 Å². The fourth-order valence-electron chi connectivity index (χ4n) is 1.99. The van der Waals surface area contributed by atoms with Crippen molar-refractivity contribution in [3.8, 4) is 0 Å². The Morgan fingerprint density at radius 2 is 2.04 bits per heavy atom. The van der Waals surface area contributed by atoms with E-state index in [0.717, 1.165) is 23.5 Å². The number of hydrogen-bond acceptors (Lipinski definition) is 5. The lowest BCUT2D eigenvalue weighted by atomic mass is 10.2. The second-order valence-corrected chi connectivity index (χ2v) is 7.12. The highest BCUT2D eigenvalue weighted by atomic mass is 35.5. The Bertz CT molecular complexity index is 627. The molecule has 1 aromatic carbocycles. The van der Waals surface area contributed by atoms with E-state index in [9.17, 15) is 4.79 Å². The number of carbonyl (C=O) groups is 1. The Morgan fingerprint density at radius 1 is 1.30 bits per heavy atom. The number of thiazole rings is 1. The van der Waals surface area contributed by atoms with Crippen molar-refractivity contribution >= 4 is 34.5 Å². The summed E-state index contributed by atoms with van der Waals surface area (Å²) in [6.45, 7) is 2.31. The van der Waals surface area contributed by atoms with Crippen LogP contribution >= 0.6 is 22.9 Å². The van der Waals surface area contributed by atoms with Crippen LogP contribution in [-0.4, -0.2) is 43.0 Å². The highest BCUT2D eigenvalue weighted by molar-refractivity contribution is 7.15. The number of anilines is 1. The molecule has 2 N–H and O–H groups in total. The summed E-state index contributed by atoms with van der Waals surface area (Å²) in [4.78, 5) is 19.2. The molecular formula is C16H21ClN4OS. The van der Waals surface area contributed by atoms with E-state index in [1.54, 1.807) is 6.20 Å². The summed E-state index contributed by atoms with van der Waals surface area (Å²) < 4.78 is 0.545. The summed E-state index contributed by atoms with van der Waals surface area (Å²) in [5, 5.41) is 6.21. The second kappa shape index (κ2) is 8.86. The molecule has 0 bridgehead atoms. The van der Waals surface area contributed by atoms with Crippen molar-refractivity contribution < 1.29 is 4.79 Å². The van der Waals surface area contributed by atoms with Crippen LogP contribution < -0.4 is 10.6 Å². The van der Waals surface area contributed by atoms with Crippen LogP contribution in [0.15, 0.2) is 30.5 Å². The van der Waals surface area contributed by atoms with Gasteiger partial charge in [-0.2, -0.15) is 0 Å².